The minimum absolute atomic E-state index is 0.109. The average Bonchev–Trinajstić information content (AvgIpc) is 3.37. The lowest BCUT2D eigenvalue weighted by Gasteiger charge is -2.53. The summed E-state index contributed by atoms with van der Waals surface area (Å²) < 4.78 is 1.90. The van der Waals surface area contributed by atoms with Crippen molar-refractivity contribution in [2.75, 3.05) is 27.2 Å². The van der Waals surface area contributed by atoms with Gasteiger partial charge < -0.3 is 9.80 Å². The van der Waals surface area contributed by atoms with Crippen LogP contribution in [0.15, 0.2) is 6.20 Å². The van der Waals surface area contributed by atoms with Crippen molar-refractivity contribution in [3.8, 4) is 0 Å². The number of likely N-dealkylation sites (tertiary alicyclic amines) is 1. The number of carbonyl (C=O) groups is 2. The van der Waals surface area contributed by atoms with Crippen molar-refractivity contribution in [3.63, 3.8) is 0 Å². The Kier molecular flexibility index (Phi) is 5.43. The molecule has 2 saturated carbocycles. The van der Waals surface area contributed by atoms with E-state index in [1.54, 1.807) is 20.3 Å². The van der Waals surface area contributed by atoms with Gasteiger partial charge in [0.15, 0.2) is 5.69 Å². The van der Waals surface area contributed by atoms with Gasteiger partial charge in [0.25, 0.3) is 5.91 Å². The van der Waals surface area contributed by atoms with Gasteiger partial charge in [-0.2, -0.15) is 0 Å². The monoisotopic (exact) mass is 387 g/mol. The second-order valence-electron chi connectivity index (χ2n) is 9.27. The number of amides is 2. The molecule has 1 aromatic heterocycles. The molecule has 1 aliphatic heterocycles. The number of aromatic nitrogens is 3. The normalized spacial score (nSPS) is 24.4. The zero-order valence-electron chi connectivity index (χ0n) is 17.3. The molecule has 1 spiro atoms. The summed E-state index contributed by atoms with van der Waals surface area (Å²) in [5, 5.41) is 8.34. The first kappa shape index (κ1) is 19.4. The number of nitrogens with zero attached hydrogens (tertiary/aromatic N) is 5. The molecule has 154 valence electrons. The topological polar surface area (TPSA) is 71.3 Å². The van der Waals surface area contributed by atoms with Gasteiger partial charge in [-0.3, -0.25) is 9.59 Å². The molecule has 28 heavy (non-hydrogen) atoms. The molecule has 1 aromatic rings. The van der Waals surface area contributed by atoms with Gasteiger partial charge in [0.2, 0.25) is 5.91 Å². The predicted molar refractivity (Wildman–Crippen MR) is 106 cm³/mol. The van der Waals surface area contributed by atoms with Crippen LogP contribution in [-0.4, -0.2) is 63.8 Å². The van der Waals surface area contributed by atoms with E-state index < -0.39 is 0 Å². The summed E-state index contributed by atoms with van der Waals surface area (Å²) in [6.07, 6.45) is 13.2. The SMILES string of the molecule is CN(C)C(=O)c1cn(C2CCC23CCN(C(=O)CCC2CCCC2)CC3)nn1. The molecule has 1 saturated heterocycles. The third-order valence-corrected chi connectivity index (χ3v) is 7.43. The van der Waals surface area contributed by atoms with E-state index in [0.717, 1.165) is 51.1 Å². The Morgan fingerprint density at radius 2 is 1.86 bits per heavy atom. The van der Waals surface area contributed by atoms with Crippen molar-refractivity contribution in [2.45, 2.75) is 70.3 Å². The van der Waals surface area contributed by atoms with E-state index in [2.05, 4.69) is 15.2 Å². The molecule has 0 N–H and O–H groups in total. The number of carbonyl (C=O) groups excluding carboxylic acids is 2. The number of piperidine rings is 1. The van der Waals surface area contributed by atoms with E-state index in [0.29, 0.717) is 17.6 Å². The fraction of sp³-hybridized carbons (Fsp3) is 0.810. The molecule has 2 aliphatic carbocycles. The van der Waals surface area contributed by atoms with Gasteiger partial charge in [0.1, 0.15) is 0 Å². The Bertz CT molecular complexity index is 714. The van der Waals surface area contributed by atoms with Crippen LogP contribution in [0.1, 0.15) is 80.7 Å². The van der Waals surface area contributed by atoms with Crippen LogP contribution in [0.3, 0.4) is 0 Å². The lowest BCUT2D eigenvalue weighted by molar-refractivity contribution is -0.136. The van der Waals surface area contributed by atoms with Crippen molar-refractivity contribution in [3.05, 3.63) is 11.9 Å². The summed E-state index contributed by atoms with van der Waals surface area (Å²) in [5.74, 6) is 1.02. The highest BCUT2D eigenvalue weighted by Crippen LogP contribution is 2.56. The van der Waals surface area contributed by atoms with Crippen LogP contribution in [0.25, 0.3) is 0 Å². The van der Waals surface area contributed by atoms with Crippen LogP contribution in [0.4, 0.5) is 0 Å². The first-order valence-corrected chi connectivity index (χ1v) is 10.9. The second-order valence-corrected chi connectivity index (χ2v) is 9.27. The maximum absolute atomic E-state index is 12.6. The van der Waals surface area contributed by atoms with E-state index in [9.17, 15) is 9.59 Å². The molecule has 1 unspecified atom stereocenters. The molecule has 7 nitrogen and oxygen atoms in total. The molecule has 7 heteroatoms. The molecule has 1 atom stereocenters. The fourth-order valence-electron chi connectivity index (χ4n) is 5.42. The van der Waals surface area contributed by atoms with Gasteiger partial charge in [-0.1, -0.05) is 30.9 Å². The van der Waals surface area contributed by atoms with Crippen molar-refractivity contribution < 1.29 is 9.59 Å². The Morgan fingerprint density at radius 1 is 1.14 bits per heavy atom. The first-order valence-electron chi connectivity index (χ1n) is 10.9. The highest BCUT2D eigenvalue weighted by atomic mass is 16.2. The molecular weight excluding hydrogens is 354 g/mol. The van der Waals surface area contributed by atoms with E-state index in [-0.39, 0.29) is 11.3 Å². The third-order valence-electron chi connectivity index (χ3n) is 7.43. The number of rotatable bonds is 5. The zero-order chi connectivity index (χ0) is 19.7. The maximum atomic E-state index is 12.6. The molecule has 4 rings (SSSR count). The number of hydrogen-bond acceptors (Lipinski definition) is 4. The Labute approximate surface area is 167 Å². The summed E-state index contributed by atoms with van der Waals surface area (Å²) in [6.45, 7) is 1.72. The van der Waals surface area contributed by atoms with Gasteiger partial charge >= 0.3 is 0 Å². The second kappa shape index (κ2) is 7.84. The van der Waals surface area contributed by atoms with E-state index in [4.69, 9.17) is 0 Å². The van der Waals surface area contributed by atoms with Crippen LogP contribution in [0, 0.1) is 11.3 Å². The van der Waals surface area contributed by atoms with Crippen LogP contribution in [0.5, 0.6) is 0 Å². The van der Waals surface area contributed by atoms with Crippen molar-refractivity contribution in [1.29, 1.82) is 0 Å². The van der Waals surface area contributed by atoms with Crippen LogP contribution >= 0.6 is 0 Å². The standard InChI is InChI=1S/C21H33N5O2/c1-24(2)20(28)17-15-26(23-22-17)18-9-10-21(18)11-13-25(14-12-21)19(27)8-7-16-5-3-4-6-16/h15-16,18H,3-14H2,1-2H3. The number of hydrogen-bond donors (Lipinski definition) is 0. The molecule has 3 aliphatic rings. The van der Waals surface area contributed by atoms with Crippen LogP contribution in [0.2, 0.25) is 0 Å². The van der Waals surface area contributed by atoms with Crippen LogP contribution < -0.4 is 0 Å². The Morgan fingerprint density at radius 3 is 2.46 bits per heavy atom. The highest BCUT2D eigenvalue weighted by Gasteiger charge is 2.50. The summed E-state index contributed by atoms with van der Waals surface area (Å²) >= 11 is 0. The minimum Gasteiger partial charge on any atom is -0.343 e. The van der Waals surface area contributed by atoms with Crippen molar-refractivity contribution >= 4 is 11.8 Å². The predicted octanol–water partition coefficient (Wildman–Crippen LogP) is 2.89. The quantitative estimate of drug-likeness (QED) is 0.779. The van der Waals surface area contributed by atoms with Crippen molar-refractivity contribution in [2.24, 2.45) is 11.3 Å². The lowest BCUT2D eigenvalue weighted by atomic mass is 9.59. The molecule has 0 radical (unpaired) electrons. The molecule has 0 aromatic carbocycles. The third kappa shape index (κ3) is 3.67. The smallest absolute Gasteiger partial charge is 0.275 e. The maximum Gasteiger partial charge on any atom is 0.275 e. The molecule has 2 heterocycles. The Balaban J connectivity index is 1.31. The molecule has 0 bridgehead atoms. The summed E-state index contributed by atoms with van der Waals surface area (Å²) in [4.78, 5) is 28.3. The van der Waals surface area contributed by atoms with Gasteiger partial charge in [-0.15, -0.1) is 5.10 Å². The first-order chi connectivity index (χ1) is 13.5. The molecular formula is C21H33N5O2. The highest BCUT2D eigenvalue weighted by molar-refractivity contribution is 5.91. The summed E-state index contributed by atoms with van der Waals surface area (Å²) in [5.41, 5.74) is 0.626. The van der Waals surface area contributed by atoms with Gasteiger partial charge in [0, 0.05) is 33.6 Å². The van der Waals surface area contributed by atoms with Gasteiger partial charge in [0.05, 0.1) is 12.2 Å². The van der Waals surface area contributed by atoms with E-state index >= 15 is 0 Å². The van der Waals surface area contributed by atoms with E-state index in [1.165, 1.54) is 37.0 Å². The lowest BCUT2D eigenvalue weighted by Crippen LogP contribution is -2.51. The zero-order valence-corrected chi connectivity index (χ0v) is 17.3. The minimum atomic E-state index is -0.109. The van der Waals surface area contributed by atoms with Crippen LogP contribution in [-0.2, 0) is 4.79 Å². The Hall–Kier alpha value is -1.92. The van der Waals surface area contributed by atoms with Gasteiger partial charge in [-0.25, -0.2) is 4.68 Å². The average molecular weight is 388 g/mol. The molecule has 3 fully saturated rings. The van der Waals surface area contributed by atoms with Crippen molar-refractivity contribution in [1.82, 2.24) is 24.8 Å². The van der Waals surface area contributed by atoms with Gasteiger partial charge in [-0.05, 0) is 43.4 Å². The molecule has 2 amide bonds. The van der Waals surface area contributed by atoms with E-state index in [1.807, 2.05) is 4.68 Å². The summed E-state index contributed by atoms with van der Waals surface area (Å²) in [7, 11) is 3.46. The fourth-order valence-corrected chi connectivity index (χ4v) is 5.42. The summed E-state index contributed by atoms with van der Waals surface area (Å²) in [6, 6.07) is 0.305. The largest absolute Gasteiger partial charge is 0.343 e.